The molecular formula is C20H21NO4. The topological polar surface area (TPSA) is 64.6 Å². The molecule has 3 rings (SSSR count). The zero-order valence-electron chi connectivity index (χ0n) is 14.4. The van der Waals surface area contributed by atoms with E-state index in [-0.39, 0.29) is 5.91 Å². The van der Waals surface area contributed by atoms with Crippen LogP contribution in [0.5, 0.6) is 0 Å². The van der Waals surface area contributed by atoms with Crippen LogP contribution in [-0.2, 0) is 33.8 Å². The van der Waals surface area contributed by atoms with Crippen molar-refractivity contribution in [3.8, 4) is 0 Å². The molecule has 5 heteroatoms. The number of amides is 1. The van der Waals surface area contributed by atoms with E-state index < -0.39 is 11.6 Å². The number of hydrogen-bond acceptors (Lipinski definition) is 4. The molecular weight excluding hydrogens is 318 g/mol. The Labute approximate surface area is 147 Å². The summed E-state index contributed by atoms with van der Waals surface area (Å²) in [6.07, 6.45) is 0.362. The average Bonchev–Trinajstić information content (AvgIpc) is 2.61. The predicted molar refractivity (Wildman–Crippen MR) is 93.0 cm³/mol. The first kappa shape index (κ1) is 17.2. The molecule has 0 saturated heterocycles. The Balaban J connectivity index is 1.73. The van der Waals surface area contributed by atoms with Crippen molar-refractivity contribution in [2.75, 3.05) is 7.11 Å². The summed E-state index contributed by atoms with van der Waals surface area (Å²) in [4.78, 5) is 24.9. The third kappa shape index (κ3) is 3.56. The van der Waals surface area contributed by atoms with Crippen molar-refractivity contribution in [2.45, 2.75) is 32.1 Å². The summed E-state index contributed by atoms with van der Waals surface area (Å²) in [7, 11) is 1.63. The minimum atomic E-state index is -1.21. The van der Waals surface area contributed by atoms with E-state index in [0.29, 0.717) is 25.1 Å². The molecule has 0 radical (unpaired) electrons. The molecule has 0 saturated carbocycles. The summed E-state index contributed by atoms with van der Waals surface area (Å²) in [6, 6.07) is 15.0. The van der Waals surface area contributed by atoms with Gasteiger partial charge < -0.3 is 14.8 Å². The maximum Gasteiger partial charge on any atom is 0.339 e. The lowest BCUT2D eigenvalue weighted by molar-refractivity contribution is -0.140. The molecule has 1 atom stereocenters. The van der Waals surface area contributed by atoms with Gasteiger partial charge in [0.1, 0.15) is 0 Å². The fraction of sp³-hybridized carbons (Fsp3) is 0.300. The van der Waals surface area contributed by atoms with E-state index >= 15 is 0 Å². The lowest BCUT2D eigenvalue weighted by atomic mass is 9.89. The Bertz CT molecular complexity index is 802. The first-order valence-electron chi connectivity index (χ1n) is 8.19. The normalized spacial score (nSPS) is 19.0. The number of cyclic esters (lactones) is 1. The highest BCUT2D eigenvalue weighted by Crippen LogP contribution is 2.28. The second-order valence-electron chi connectivity index (χ2n) is 6.34. The van der Waals surface area contributed by atoms with E-state index in [4.69, 9.17) is 9.47 Å². The van der Waals surface area contributed by atoms with Crippen LogP contribution in [0.25, 0.3) is 0 Å². The second kappa shape index (κ2) is 7.07. The zero-order valence-corrected chi connectivity index (χ0v) is 14.4. The van der Waals surface area contributed by atoms with Crippen molar-refractivity contribution in [3.05, 3.63) is 70.8 Å². The maximum atomic E-state index is 12.7. The molecule has 1 unspecified atom stereocenters. The zero-order chi connectivity index (χ0) is 17.9. The molecule has 25 heavy (non-hydrogen) atoms. The van der Waals surface area contributed by atoms with E-state index in [1.165, 1.54) is 0 Å². The number of carbonyl (C=O) groups excluding carboxylic acids is 2. The summed E-state index contributed by atoms with van der Waals surface area (Å²) < 4.78 is 10.6. The predicted octanol–water partition coefficient (Wildman–Crippen LogP) is 2.62. The Morgan fingerprint density at radius 3 is 2.60 bits per heavy atom. The number of esters is 1. The van der Waals surface area contributed by atoms with Crippen LogP contribution in [0.15, 0.2) is 48.5 Å². The molecule has 130 valence electrons. The Morgan fingerprint density at radius 2 is 1.84 bits per heavy atom. The third-order valence-electron chi connectivity index (χ3n) is 4.42. The van der Waals surface area contributed by atoms with Gasteiger partial charge in [-0.3, -0.25) is 4.79 Å². The van der Waals surface area contributed by atoms with Crippen LogP contribution in [-0.4, -0.2) is 24.6 Å². The minimum absolute atomic E-state index is 0.303. The van der Waals surface area contributed by atoms with Crippen LogP contribution in [0.1, 0.15) is 34.0 Å². The lowest BCUT2D eigenvalue weighted by Crippen LogP contribution is -2.51. The smallest absolute Gasteiger partial charge is 0.339 e. The van der Waals surface area contributed by atoms with Gasteiger partial charge in [-0.1, -0.05) is 42.5 Å². The number of rotatable bonds is 5. The number of fused-ring (bicyclic) bond motifs is 1. The third-order valence-corrected chi connectivity index (χ3v) is 4.42. The summed E-state index contributed by atoms with van der Waals surface area (Å²) in [5.41, 5.74) is 2.14. The minimum Gasteiger partial charge on any atom is -0.445 e. The fourth-order valence-electron chi connectivity index (χ4n) is 3.05. The fourth-order valence-corrected chi connectivity index (χ4v) is 3.05. The van der Waals surface area contributed by atoms with Crippen molar-refractivity contribution in [3.63, 3.8) is 0 Å². The molecule has 0 aliphatic carbocycles. The van der Waals surface area contributed by atoms with Gasteiger partial charge >= 0.3 is 5.97 Å². The maximum absolute atomic E-state index is 12.7. The molecule has 0 bridgehead atoms. The lowest BCUT2D eigenvalue weighted by Gasteiger charge is -2.33. The molecule has 0 fully saturated rings. The van der Waals surface area contributed by atoms with Crippen LogP contribution >= 0.6 is 0 Å². The molecule has 1 amide bonds. The highest BCUT2D eigenvalue weighted by atomic mass is 16.6. The Kier molecular flexibility index (Phi) is 4.86. The van der Waals surface area contributed by atoms with Gasteiger partial charge in [0.15, 0.2) is 5.60 Å². The largest absolute Gasteiger partial charge is 0.445 e. The Hall–Kier alpha value is -2.66. The SMILES string of the molecule is COCc1ccccc1CNC(=O)C1(C)Cc2ccccc2C(=O)O1. The summed E-state index contributed by atoms with van der Waals surface area (Å²) in [5, 5.41) is 2.89. The van der Waals surface area contributed by atoms with Gasteiger partial charge in [0.25, 0.3) is 5.91 Å². The summed E-state index contributed by atoms with van der Waals surface area (Å²) in [5.74, 6) is -0.762. The molecule has 2 aromatic rings. The van der Waals surface area contributed by atoms with Gasteiger partial charge in [-0.15, -0.1) is 0 Å². The standard InChI is InChI=1S/C20H21NO4/c1-20(11-14-7-5-6-10-17(14)18(22)25-20)19(23)21-12-15-8-3-4-9-16(15)13-24-2/h3-10H,11-13H2,1-2H3,(H,21,23). The van der Waals surface area contributed by atoms with Crippen molar-refractivity contribution >= 4 is 11.9 Å². The van der Waals surface area contributed by atoms with Gasteiger partial charge in [0.2, 0.25) is 0 Å². The van der Waals surface area contributed by atoms with Crippen LogP contribution in [0, 0.1) is 0 Å². The summed E-state index contributed by atoms with van der Waals surface area (Å²) >= 11 is 0. The van der Waals surface area contributed by atoms with E-state index in [0.717, 1.165) is 16.7 Å². The van der Waals surface area contributed by atoms with Crippen LogP contribution in [0.3, 0.4) is 0 Å². The van der Waals surface area contributed by atoms with Gasteiger partial charge in [-0.2, -0.15) is 0 Å². The molecule has 1 aliphatic heterocycles. The van der Waals surface area contributed by atoms with Crippen LogP contribution < -0.4 is 5.32 Å². The second-order valence-corrected chi connectivity index (χ2v) is 6.34. The van der Waals surface area contributed by atoms with Gasteiger partial charge in [0, 0.05) is 20.1 Å². The summed E-state index contributed by atoms with van der Waals surface area (Å²) in [6.45, 7) is 2.48. The number of ether oxygens (including phenoxy) is 2. The first-order chi connectivity index (χ1) is 12.0. The number of methoxy groups -OCH3 is 1. The monoisotopic (exact) mass is 339 g/mol. The van der Waals surface area contributed by atoms with E-state index in [2.05, 4.69) is 5.32 Å². The van der Waals surface area contributed by atoms with Crippen LogP contribution in [0.4, 0.5) is 0 Å². The van der Waals surface area contributed by atoms with E-state index in [1.807, 2.05) is 36.4 Å². The van der Waals surface area contributed by atoms with Crippen molar-refractivity contribution in [1.82, 2.24) is 5.32 Å². The van der Waals surface area contributed by atoms with Crippen LogP contribution in [0.2, 0.25) is 0 Å². The Morgan fingerprint density at radius 1 is 1.16 bits per heavy atom. The highest BCUT2D eigenvalue weighted by molar-refractivity contribution is 5.97. The number of carbonyl (C=O) groups is 2. The average molecular weight is 339 g/mol. The van der Waals surface area contributed by atoms with Crippen molar-refractivity contribution in [2.24, 2.45) is 0 Å². The highest BCUT2D eigenvalue weighted by Gasteiger charge is 2.42. The van der Waals surface area contributed by atoms with Gasteiger partial charge in [0.05, 0.1) is 12.2 Å². The van der Waals surface area contributed by atoms with Gasteiger partial charge in [-0.05, 0) is 29.7 Å². The molecule has 1 aliphatic rings. The molecule has 2 aromatic carbocycles. The first-order valence-corrected chi connectivity index (χ1v) is 8.19. The van der Waals surface area contributed by atoms with E-state index in [1.54, 1.807) is 26.2 Å². The number of hydrogen-bond donors (Lipinski definition) is 1. The molecule has 5 nitrogen and oxygen atoms in total. The molecule has 0 spiro atoms. The number of benzene rings is 2. The molecule has 0 aromatic heterocycles. The quantitative estimate of drug-likeness (QED) is 0.851. The molecule has 1 heterocycles. The van der Waals surface area contributed by atoms with Crippen molar-refractivity contribution < 1.29 is 19.1 Å². The van der Waals surface area contributed by atoms with Crippen molar-refractivity contribution in [1.29, 1.82) is 0 Å². The van der Waals surface area contributed by atoms with Gasteiger partial charge in [-0.25, -0.2) is 4.79 Å². The number of nitrogens with one attached hydrogen (secondary N) is 1. The molecule has 1 N–H and O–H groups in total. The van der Waals surface area contributed by atoms with E-state index in [9.17, 15) is 9.59 Å².